The van der Waals surface area contributed by atoms with Crippen LogP contribution >= 0.6 is 0 Å². The first-order chi connectivity index (χ1) is 7.58. The number of fused-ring (bicyclic) bond motifs is 1. The van der Waals surface area contributed by atoms with E-state index in [1.807, 2.05) is 11.9 Å². The lowest BCUT2D eigenvalue weighted by atomic mass is 10.2. The average Bonchev–Trinajstić information content (AvgIpc) is 2.20. The number of hydrogen-bond acceptors (Lipinski definition) is 4. The fraction of sp³-hybridized carbons (Fsp3) is 0.400. The molecule has 2 rings (SSSR count). The molecule has 1 aliphatic heterocycles. The first-order valence-corrected chi connectivity index (χ1v) is 4.80. The third kappa shape index (κ3) is 1.95. The summed E-state index contributed by atoms with van der Waals surface area (Å²) in [4.78, 5) is 1.90. The normalized spacial score (nSPS) is 14.6. The van der Waals surface area contributed by atoms with Gasteiger partial charge in [-0.15, -0.1) is 0 Å². The second kappa shape index (κ2) is 4.03. The molecule has 0 spiro atoms. The zero-order valence-electron chi connectivity index (χ0n) is 8.74. The number of hydrogen-bond donors (Lipinski definition) is 1. The van der Waals surface area contributed by atoms with E-state index < -0.39 is 6.61 Å². The number of benzene rings is 1. The van der Waals surface area contributed by atoms with Crippen molar-refractivity contribution in [1.29, 1.82) is 0 Å². The van der Waals surface area contributed by atoms with Crippen molar-refractivity contribution < 1.29 is 18.3 Å². The number of ether oxygens (including phenoxy) is 2. The van der Waals surface area contributed by atoms with Gasteiger partial charge in [-0.1, -0.05) is 0 Å². The highest BCUT2D eigenvalue weighted by atomic mass is 19.3. The Balaban J connectivity index is 2.38. The molecule has 0 unspecified atom stereocenters. The van der Waals surface area contributed by atoms with Gasteiger partial charge < -0.3 is 20.1 Å². The van der Waals surface area contributed by atoms with Crippen LogP contribution < -0.4 is 20.1 Å². The molecule has 0 amide bonds. The van der Waals surface area contributed by atoms with E-state index in [4.69, 9.17) is 10.5 Å². The molecule has 0 aromatic heterocycles. The van der Waals surface area contributed by atoms with Gasteiger partial charge in [-0.2, -0.15) is 8.78 Å². The maximum atomic E-state index is 12.1. The number of rotatable bonds is 2. The summed E-state index contributed by atoms with van der Waals surface area (Å²) >= 11 is 0. The van der Waals surface area contributed by atoms with Gasteiger partial charge in [0, 0.05) is 19.2 Å². The number of halogens is 2. The summed E-state index contributed by atoms with van der Waals surface area (Å²) in [5, 5.41) is 0. The van der Waals surface area contributed by atoms with Crippen molar-refractivity contribution in [3.05, 3.63) is 12.1 Å². The SMILES string of the molecule is CN1CCOc2cc(N)c(OC(F)F)cc21. The Labute approximate surface area is 91.5 Å². The van der Waals surface area contributed by atoms with Crippen molar-refractivity contribution in [2.24, 2.45) is 0 Å². The summed E-state index contributed by atoms with van der Waals surface area (Å²) in [5.41, 5.74) is 6.43. The van der Waals surface area contributed by atoms with Crippen LogP contribution in [0.15, 0.2) is 12.1 Å². The molecule has 0 radical (unpaired) electrons. The lowest BCUT2D eigenvalue weighted by molar-refractivity contribution is -0.0493. The molecule has 1 aromatic rings. The maximum absolute atomic E-state index is 12.1. The number of nitrogens with two attached hydrogens (primary N) is 1. The molecule has 0 bridgehead atoms. The quantitative estimate of drug-likeness (QED) is 0.785. The van der Waals surface area contributed by atoms with E-state index in [1.165, 1.54) is 12.1 Å². The number of anilines is 2. The standard InChI is InChI=1S/C10H12F2N2O2/c1-14-2-3-15-9-4-6(13)8(5-7(9)14)16-10(11)12/h4-5,10H,2-3,13H2,1H3. The van der Waals surface area contributed by atoms with Gasteiger partial charge in [0.05, 0.1) is 17.9 Å². The molecular weight excluding hydrogens is 218 g/mol. The van der Waals surface area contributed by atoms with E-state index in [1.54, 1.807) is 0 Å². The van der Waals surface area contributed by atoms with Crippen molar-refractivity contribution >= 4 is 11.4 Å². The third-order valence-electron chi connectivity index (χ3n) is 2.40. The summed E-state index contributed by atoms with van der Waals surface area (Å²) < 4.78 is 33.9. The molecule has 88 valence electrons. The number of nitrogen functional groups attached to an aromatic ring is 1. The van der Waals surface area contributed by atoms with E-state index in [-0.39, 0.29) is 11.4 Å². The first kappa shape index (κ1) is 10.8. The van der Waals surface area contributed by atoms with Crippen LogP contribution in [0, 0.1) is 0 Å². The van der Waals surface area contributed by atoms with Crippen molar-refractivity contribution in [1.82, 2.24) is 0 Å². The van der Waals surface area contributed by atoms with Gasteiger partial charge in [-0.3, -0.25) is 0 Å². The van der Waals surface area contributed by atoms with Gasteiger partial charge in [0.15, 0.2) is 5.75 Å². The van der Waals surface area contributed by atoms with E-state index >= 15 is 0 Å². The molecular formula is C10H12F2N2O2. The highest BCUT2D eigenvalue weighted by Gasteiger charge is 2.19. The van der Waals surface area contributed by atoms with Crippen LogP contribution in [-0.4, -0.2) is 26.8 Å². The van der Waals surface area contributed by atoms with Gasteiger partial charge >= 0.3 is 6.61 Å². The molecule has 2 N–H and O–H groups in total. The van der Waals surface area contributed by atoms with Crippen LogP contribution in [0.4, 0.5) is 20.2 Å². The molecule has 6 heteroatoms. The van der Waals surface area contributed by atoms with Gasteiger partial charge in [0.25, 0.3) is 0 Å². The van der Waals surface area contributed by atoms with Crippen LogP contribution in [-0.2, 0) is 0 Å². The highest BCUT2D eigenvalue weighted by Crippen LogP contribution is 2.38. The van der Waals surface area contributed by atoms with E-state index in [0.717, 1.165) is 0 Å². The molecule has 0 fully saturated rings. The zero-order valence-corrected chi connectivity index (χ0v) is 8.74. The number of likely N-dealkylation sites (N-methyl/N-ethyl adjacent to an activating group) is 1. The van der Waals surface area contributed by atoms with Crippen LogP contribution in [0.2, 0.25) is 0 Å². The number of alkyl halides is 2. The minimum atomic E-state index is -2.88. The van der Waals surface area contributed by atoms with Gasteiger partial charge in [-0.25, -0.2) is 0 Å². The largest absolute Gasteiger partial charge is 0.489 e. The van der Waals surface area contributed by atoms with Crippen LogP contribution in [0.1, 0.15) is 0 Å². The van der Waals surface area contributed by atoms with E-state index in [0.29, 0.717) is 24.6 Å². The maximum Gasteiger partial charge on any atom is 0.387 e. The van der Waals surface area contributed by atoms with Gasteiger partial charge in [0.1, 0.15) is 12.4 Å². The summed E-state index contributed by atoms with van der Waals surface area (Å²) in [6.45, 7) is -1.63. The molecule has 0 aliphatic carbocycles. The van der Waals surface area contributed by atoms with Crippen LogP contribution in [0.25, 0.3) is 0 Å². The molecule has 0 saturated heterocycles. The summed E-state index contributed by atoms with van der Waals surface area (Å²) in [7, 11) is 1.85. The predicted octanol–water partition coefficient (Wildman–Crippen LogP) is 1.70. The Hall–Kier alpha value is -1.72. The summed E-state index contributed by atoms with van der Waals surface area (Å²) in [5.74, 6) is 0.568. The second-order valence-electron chi connectivity index (χ2n) is 3.51. The molecule has 4 nitrogen and oxygen atoms in total. The summed E-state index contributed by atoms with van der Waals surface area (Å²) in [6.07, 6.45) is 0. The Kier molecular flexibility index (Phi) is 2.72. The minimum Gasteiger partial charge on any atom is -0.489 e. The Morgan fingerprint density at radius 2 is 2.25 bits per heavy atom. The van der Waals surface area contributed by atoms with Gasteiger partial charge in [0.2, 0.25) is 0 Å². The highest BCUT2D eigenvalue weighted by molar-refractivity contribution is 5.70. The fourth-order valence-electron chi connectivity index (χ4n) is 1.59. The van der Waals surface area contributed by atoms with Crippen molar-refractivity contribution in [3.63, 3.8) is 0 Å². The zero-order chi connectivity index (χ0) is 11.7. The Bertz CT molecular complexity index is 399. The third-order valence-corrected chi connectivity index (χ3v) is 2.40. The fourth-order valence-corrected chi connectivity index (χ4v) is 1.59. The molecule has 1 heterocycles. The van der Waals surface area contributed by atoms with Crippen LogP contribution in [0.5, 0.6) is 11.5 Å². The predicted molar refractivity (Wildman–Crippen MR) is 56.3 cm³/mol. The molecule has 0 atom stereocenters. The molecule has 16 heavy (non-hydrogen) atoms. The lowest BCUT2D eigenvalue weighted by Crippen LogP contribution is -2.28. The Morgan fingerprint density at radius 1 is 1.50 bits per heavy atom. The van der Waals surface area contributed by atoms with Crippen molar-refractivity contribution in [2.75, 3.05) is 30.8 Å². The summed E-state index contributed by atoms with van der Waals surface area (Å²) in [6, 6.07) is 2.97. The number of nitrogens with zero attached hydrogens (tertiary/aromatic N) is 1. The van der Waals surface area contributed by atoms with Crippen LogP contribution in [0.3, 0.4) is 0 Å². The topological polar surface area (TPSA) is 47.7 Å². The van der Waals surface area contributed by atoms with E-state index in [2.05, 4.69) is 4.74 Å². The van der Waals surface area contributed by atoms with E-state index in [9.17, 15) is 8.78 Å². The monoisotopic (exact) mass is 230 g/mol. The van der Waals surface area contributed by atoms with Crippen molar-refractivity contribution in [2.45, 2.75) is 6.61 Å². The average molecular weight is 230 g/mol. The lowest BCUT2D eigenvalue weighted by Gasteiger charge is -2.28. The molecule has 1 aromatic carbocycles. The first-order valence-electron chi connectivity index (χ1n) is 4.80. The smallest absolute Gasteiger partial charge is 0.387 e. The second-order valence-corrected chi connectivity index (χ2v) is 3.51. The van der Waals surface area contributed by atoms with Gasteiger partial charge in [-0.05, 0) is 0 Å². The molecule has 1 aliphatic rings. The molecule has 0 saturated carbocycles. The minimum absolute atomic E-state index is 0.0221. The Morgan fingerprint density at radius 3 is 2.94 bits per heavy atom. The van der Waals surface area contributed by atoms with Crippen molar-refractivity contribution in [3.8, 4) is 11.5 Å².